The molecule has 0 bridgehead atoms. The van der Waals surface area contributed by atoms with Gasteiger partial charge in [0.05, 0.1) is 23.7 Å². The van der Waals surface area contributed by atoms with Gasteiger partial charge in [-0.25, -0.2) is 0 Å². The fraction of sp³-hybridized carbons (Fsp3) is 0.364. The molecule has 0 heterocycles. The molecule has 1 aromatic carbocycles. The molecular weight excluding hydrogens is 214 g/mol. The normalized spacial score (nSPS) is 12.2. The zero-order chi connectivity index (χ0) is 11.4. The van der Waals surface area contributed by atoms with Crippen molar-refractivity contribution in [3.63, 3.8) is 0 Å². The highest BCUT2D eigenvalue weighted by atomic mass is 35.5. The molecule has 0 aliphatic heterocycles. The number of anilines is 1. The van der Waals surface area contributed by atoms with Gasteiger partial charge in [-0.2, -0.15) is 0 Å². The van der Waals surface area contributed by atoms with Crippen LogP contribution < -0.4 is 5.73 Å². The first-order valence-electron chi connectivity index (χ1n) is 4.66. The summed E-state index contributed by atoms with van der Waals surface area (Å²) in [5.74, 6) is -0.390. The molecule has 0 amide bonds. The van der Waals surface area contributed by atoms with Gasteiger partial charge in [0.15, 0.2) is 0 Å². The van der Waals surface area contributed by atoms with Crippen LogP contribution in [-0.4, -0.2) is 13.1 Å². The smallest absolute Gasteiger partial charge is 0.308 e. The summed E-state index contributed by atoms with van der Waals surface area (Å²) < 4.78 is 4.64. The number of benzene rings is 1. The lowest BCUT2D eigenvalue weighted by Gasteiger charge is -2.09. The van der Waals surface area contributed by atoms with Gasteiger partial charge >= 0.3 is 5.97 Å². The van der Waals surface area contributed by atoms with Crippen LogP contribution in [0.15, 0.2) is 18.2 Å². The van der Waals surface area contributed by atoms with Gasteiger partial charge in [0.1, 0.15) is 0 Å². The molecule has 15 heavy (non-hydrogen) atoms. The Morgan fingerprint density at radius 2 is 2.27 bits per heavy atom. The third-order valence-corrected chi connectivity index (χ3v) is 2.55. The fourth-order valence-electron chi connectivity index (χ4n) is 1.36. The molecule has 0 radical (unpaired) electrons. The van der Waals surface area contributed by atoms with Crippen LogP contribution >= 0.6 is 11.6 Å². The molecule has 1 rings (SSSR count). The highest BCUT2D eigenvalue weighted by Crippen LogP contribution is 2.21. The van der Waals surface area contributed by atoms with Gasteiger partial charge in [-0.3, -0.25) is 4.79 Å². The SMILES string of the molecule is COC(=O)C(C)Cc1ccc(Cl)c(N)c1. The molecule has 82 valence electrons. The minimum atomic E-state index is -0.219. The molecule has 4 heteroatoms. The number of nitrogens with two attached hydrogens (primary N) is 1. The van der Waals surface area contributed by atoms with Crippen molar-refractivity contribution in [2.75, 3.05) is 12.8 Å². The number of ether oxygens (including phenoxy) is 1. The van der Waals surface area contributed by atoms with Crippen molar-refractivity contribution < 1.29 is 9.53 Å². The molecule has 0 spiro atoms. The topological polar surface area (TPSA) is 52.3 Å². The van der Waals surface area contributed by atoms with Crippen molar-refractivity contribution in [3.8, 4) is 0 Å². The molecule has 0 aromatic heterocycles. The first-order chi connectivity index (χ1) is 7.04. The number of nitrogen functional groups attached to an aromatic ring is 1. The Bertz CT molecular complexity index is 366. The quantitative estimate of drug-likeness (QED) is 0.637. The van der Waals surface area contributed by atoms with E-state index < -0.39 is 0 Å². The Morgan fingerprint density at radius 1 is 1.60 bits per heavy atom. The van der Waals surface area contributed by atoms with Gasteiger partial charge in [0, 0.05) is 0 Å². The van der Waals surface area contributed by atoms with Crippen LogP contribution in [0.5, 0.6) is 0 Å². The summed E-state index contributed by atoms with van der Waals surface area (Å²) in [4.78, 5) is 11.2. The molecule has 1 aromatic rings. The fourth-order valence-corrected chi connectivity index (χ4v) is 1.48. The lowest BCUT2D eigenvalue weighted by Crippen LogP contribution is -2.15. The van der Waals surface area contributed by atoms with Crippen molar-refractivity contribution >= 4 is 23.3 Å². The van der Waals surface area contributed by atoms with Gasteiger partial charge in [-0.05, 0) is 24.1 Å². The van der Waals surface area contributed by atoms with E-state index in [1.165, 1.54) is 7.11 Å². The van der Waals surface area contributed by atoms with E-state index in [1.54, 1.807) is 12.1 Å². The molecule has 0 saturated heterocycles. The van der Waals surface area contributed by atoms with Crippen molar-refractivity contribution in [1.29, 1.82) is 0 Å². The summed E-state index contributed by atoms with van der Waals surface area (Å²) in [7, 11) is 1.38. The van der Waals surface area contributed by atoms with E-state index in [0.29, 0.717) is 17.1 Å². The van der Waals surface area contributed by atoms with E-state index in [1.807, 2.05) is 13.0 Å². The van der Waals surface area contributed by atoms with Crippen LogP contribution in [0, 0.1) is 5.92 Å². The zero-order valence-corrected chi connectivity index (χ0v) is 9.54. The standard InChI is InChI=1S/C11H14ClNO2/c1-7(11(14)15-2)5-8-3-4-9(12)10(13)6-8/h3-4,6-7H,5,13H2,1-2H3. The van der Waals surface area contributed by atoms with Gasteiger partial charge in [-0.15, -0.1) is 0 Å². The number of esters is 1. The molecule has 0 aliphatic rings. The predicted molar refractivity (Wildman–Crippen MR) is 60.7 cm³/mol. The van der Waals surface area contributed by atoms with Crippen molar-refractivity contribution in [2.24, 2.45) is 5.92 Å². The summed E-state index contributed by atoms with van der Waals surface area (Å²) >= 11 is 5.79. The maximum atomic E-state index is 11.2. The molecule has 1 atom stereocenters. The largest absolute Gasteiger partial charge is 0.469 e. The monoisotopic (exact) mass is 227 g/mol. The van der Waals surface area contributed by atoms with Crippen molar-refractivity contribution in [1.82, 2.24) is 0 Å². The third kappa shape index (κ3) is 3.13. The van der Waals surface area contributed by atoms with Crippen LogP contribution in [0.1, 0.15) is 12.5 Å². The predicted octanol–water partition coefficient (Wildman–Crippen LogP) is 2.27. The number of methoxy groups -OCH3 is 1. The number of carbonyl (C=O) groups excluding carboxylic acids is 1. The van der Waals surface area contributed by atoms with Gasteiger partial charge in [0.25, 0.3) is 0 Å². The summed E-state index contributed by atoms with van der Waals surface area (Å²) in [6, 6.07) is 5.37. The number of hydrogen-bond donors (Lipinski definition) is 1. The van der Waals surface area contributed by atoms with E-state index in [2.05, 4.69) is 4.74 Å². The zero-order valence-electron chi connectivity index (χ0n) is 8.79. The van der Waals surface area contributed by atoms with E-state index in [9.17, 15) is 4.79 Å². The van der Waals surface area contributed by atoms with E-state index >= 15 is 0 Å². The molecule has 0 fully saturated rings. The van der Waals surface area contributed by atoms with Crippen LogP contribution in [0.4, 0.5) is 5.69 Å². The van der Waals surface area contributed by atoms with E-state index in [0.717, 1.165) is 5.56 Å². The third-order valence-electron chi connectivity index (χ3n) is 2.21. The maximum absolute atomic E-state index is 11.2. The molecule has 1 unspecified atom stereocenters. The average Bonchev–Trinajstić information content (AvgIpc) is 2.22. The molecular formula is C11H14ClNO2. The second kappa shape index (κ2) is 5.03. The first-order valence-corrected chi connectivity index (χ1v) is 5.04. The molecule has 0 aliphatic carbocycles. The number of halogens is 1. The molecule has 0 saturated carbocycles. The average molecular weight is 228 g/mol. The maximum Gasteiger partial charge on any atom is 0.308 e. The van der Waals surface area contributed by atoms with Gasteiger partial charge < -0.3 is 10.5 Å². The Morgan fingerprint density at radius 3 is 2.80 bits per heavy atom. The lowest BCUT2D eigenvalue weighted by atomic mass is 10.0. The van der Waals surface area contributed by atoms with Crippen molar-refractivity contribution in [2.45, 2.75) is 13.3 Å². The van der Waals surface area contributed by atoms with E-state index in [4.69, 9.17) is 17.3 Å². The summed E-state index contributed by atoms with van der Waals surface area (Å²) in [6.07, 6.45) is 0.605. The Kier molecular flexibility index (Phi) is 3.97. The highest BCUT2D eigenvalue weighted by molar-refractivity contribution is 6.33. The second-order valence-electron chi connectivity index (χ2n) is 3.48. The summed E-state index contributed by atoms with van der Waals surface area (Å²) in [6.45, 7) is 1.82. The number of hydrogen-bond acceptors (Lipinski definition) is 3. The lowest BCUT2D eigenvalue weighted by molar-refractivity contribution is -0.144. The number of rotatable bonds is 3. The Hall–Kier alpha value is -1.22. The van der Waals surface area contributed by atoms with Gasteiger partial charge in [-0.1, -0.05) is 24.6 Å². The van der Waals surface area contributed by atoms with Crippen LogP contribution in [0.2, 0.25) is 5.02 Å². The van der Waals surface area contributed by atoms with Crippen LogP contribution in [0.3, 0.4) is 0 Å². The summed E-state index contributed by atoms with van der Waals surface area (Å²) in [5.41, 5.74) is 7.17. The van der Waals surface area contributed by atoms with Gasteiger partial charge in [0.2, 0.25) is 0 Å². The van der Waals surface area contributed by atoms with Crippen molar-refractivity contribution in [3.05, 3.63) is 28.8 Å². The van der Waals surface area contributed by atoms with Crippen LogP contribution in [-0.2, 0) is 16.0 Å². The first kappa shape index (κ1) is 11.9. The second-order valence-corrected chi connectivity index (χ2v) is 3.89. The highest BCUT2D eigenvalue weighted by Gasteiger charge is 2.13. The summed E-state index contributed by atoms with van der Waals surface area (Å²) in [5, 5.41) is 0.532. The minimum absolute atomic E-state index is 0.171. The number of carbonyl (C=O) groups is 1. The Labute approximate surface area is 94.2 Å². The molecule has 3 nitrogen and oxygen atoms in total. The van der Waals surface area contributed by atoms with Crippen LogP contribution in [0.25, 0.3) is 0 Å². The minimum Gasteiger partial charge on any atom is -0.469 e. The molecule has 2 N–H and O–H groups in total. The Balaban J connectivity index is 2.73. The van der Waals surface area contributed by atoms with E-state index in [-0.39, 0.29) is 11.9 Å².